The predicted octanol–water partition coefficient (Wildman–Crippen LogP) is 3.55. The van der Waals surface area contributed by atoms with E-state index in [9.17, 15) is 4.39 Å². The molecule has 0 saturated heterocycles. The van der Waals surface area contributed by atoms with Crippen molar-refractivity contribution in [1.29, 1.82) is 0 Å². The number of nitrogens with one attached hydrogen (secondary N) is 2. The van der Waals surface area contributed by atoms with Crippen LogP contribution in [0.25, 0.3) is 0 Å². The standard InChI is InChI=1S/C12H12BrFN4/c1-2-15-12-16-6-5-11(18-12)17-10-7-8(13)3-4-9(10)14/h3-7H,2H2,1H3,(H2,15,16,17,18). The van der Waals surface area contributed by atoms with Crippen molar-refractivity contribution in [3.63, 3.8) is 0 Å². The minimum absolute atomic E-state index is 0.332. The first kappa shape index (κ1) is 12.8. The van der Waals surface area contributed by atoms with Gasteiger partial charge in [-0.3, -0.25) is 0 Å². The summed E-state index contributed by atoms with van der Waals surface area (Å²) in [5.41, 5.74) is 0.366. The molecule has 0 radical (unpaired) electrons. The number of aromatic nitrogens is 2. The Hall–Kier alpha value is -1.69. The van der Waals surface area contributed by atoms with Gasteiger partial charge in [-0.25, -0.2) is 9.37 Å². The molecule has 0 fully saturated rings. The number of hydrogen-bond donors (Lipinski definition) is 2. The summed E-state index contributed by atoms with van der Waals surface area (Å²) in [6, 6.07) is 6.37. The van der Waals surface area contributed by atoms with Gasteiger partial charge in [-0.1, -0.05) is 15.9 Å². The molecular weight excluding hydrogens is 299 g/mol. The van der Waals surface area contributed by atoms with Crippen LogP contribution in [0, 0.1) is 5.82 Å². The van der Waals surface area contributed by atoms with Crippen LogP contribution in [0.1, 0.15) is 6.92 Å². The van der Waals surface area contributed by atoms with Gasteiger partial charge in [-0.15, -0.1) is 0 Å². The Morgan fingerprint density at radius 3 is 2.94 bits per heavy atom. The van der Waals surface area contributed by atoms with Gasteiger partial charge in [0, 0.05) is 17.2 Å². The Balaban J connectivity index is 2.22. The lowest BCUT2D eigenvalue weighted by Gasteiger charge is -2.08. The molecule has 0 bridgehead atoms. The number of nitrogens with zero attached hydrogens (tertiary/aromatic N) is 2. The molecule has 1 aromatic carbocycles. The molecule has 4 nitrogen and oxygen atoms in total. The fourth-order valence-corrected chi connectivity index (χ4v) is 1.76. The Morgan fingerprint density at radius 2 is 2.17 bits per heavy atom. The monoisotopic (exact) mass is 310 g/mol. The van der Waals surface area contributed by atoms with Gasteiger partial charge in [0.05, 0.1) is 5.69 Å². The molecule has 6 heteroatoms. The third-order valence-electron chi connectivity index (χ3n) is 2.18. The highest BCUT2D eigenvalue weighted by atomic mass is 79.9. The molecule has 0 aliphatic rings. The Labute approximate surface area is 113 Å². The maximum Gasteiger partial charge on any atom is 0.224 e. The molecule has 0 atom stereocenters. The van der Waals surface area contributed by atoms with Crippen LogP contribution in [0.3, 0.4) is 0 Å². The van der Waals surface area contributed by atoms with Crippen molar-refractivity contribution < 1.29 is 4.39 Å². The molecule has 0 saturated carbocycles. The highest BCUT2D eigenvalue weighted by molar-refractivity contribution is 9.10. The number of anilines is 3. The van der Waals surface area contributed by atoms with Crippen LogP contribution in [-0.2, 0) is 0 Å². The average Bonchev–Trinajstić information content (AvgIpc) is 2.35. The second-order valence-corrected chi connectivity index (χ2v) is 4.46. The van der Waals surface area contributed by atoms with Gasteiger partial charge < -0.3 is 10.6 Å². The topological polar surface area (TPSA) is 49.8 Å². The van der Waals surface area contributed by atoms with Crippen molar-refractivity contribution in [3.05, 3.63) is 40.8 Å². The van der Waals surface area contributed by atoms with Gasteiger partial charge in [-0.05, 0) is 31.2 Å². The maximum atomic E-state index is 13.6. The van der Waals surface area contributed by atoms with Crippen LogP contribution in [0.5, 0.6) is 0 Å². The van der Waals surface area contributed by atoms with Crippen LogP contribution >= 0.6 is 15.9 Å². The maximum absolute atomic E-state index is 13.6. The summed E-state index contributed by atoms with van der Waals surface area (Å²) in [7, 11) is 0. The Kier molecular flexibility index (Phi) is 4.09. The molecule has 0 amide bonds. The van der Waals surface area contributed by atoms with E-state index >= 15 is 0 Å². The minimum atomic E-state index is -0.332. The summed E-state index contributed by atoms with van der Waals surface area (Å²) in [6.45, 7) is 2.69. The van der Waals surface area contributed by atoms with Gasteiger partial charge in [-0.2, -0.15) is 4.98 Å². The van der Waals surface area contributed by atoms with Gasteiger partial charge in [0.25, 0.3) is 0 Å². The summed E-state index contributed by atoms with van der Waals surface area (Å²) < 4.78 is 14.4. The molecule has 2 rings (SSSR count). The highest BCUT2D eigenvalue weighted by Gasteiger charge is 2.04. The van der Waals surface area contributed by atoms with Crippen molar-refractivity contribution >= 4 is 33.4 Å². The van der Waals surface area contributed by atoms with E-state index in [1.165, 1.54) is 6.07 Å². The van der Waals surface area contributed by atoms with Crippen LogP contribution in [0.2, 0.25) is 0 Å². The van der Waals surface area contributed by atoms with Gasteiger partial charge in [0.1, 0.15) is 11.6 Å². The lowest BCUT2D eigenvalue weighted by atomic mass is 10.3. The fourth-order valence-electron chi connectivity index (χ4n) is 1.40. The van der Waals surface area contributed by atoms with Crippen LogP contribution in [-0.4, -0.2) is 16.5 Å². The molecule has 18 heavy (non-hydrogen) atoms. The highest BCUT2D eigenvalue weighted by Crippen LogP contribution is 2.23. The molecule has 1 aromatic heterocycles. The molecular formula is C12H12BrFN4. The lowest BCUT2D eigenvalue weighted by Crippen LogP contribution is -2.04. The van der Waals surface area contributed by atoms with E-state index in [-0.39, 0.29) is 5.82 Å². The molecule has 0 aliphatic heterocycles. The number of halogens is 2. The summed E-state index contributed by atoms with van der Waals surface area (Å²) >= 11 is 3.30. The first-order chi connectivity index (χ1) is 8.69. The quantitative estimate of drug-likeness (QED) is 0.906. The predicted molar refractivity (Wildman–Crippen MR) is 73.6 cm³/mol. The van der Waals surface area contributed by atoms with E-state index < -0.39 is 0 Å². The summed E-state index contributed by atoms with van der Waals surface area (Å²) in [6.07, 6.45) is 1.61. The van der Waals surface area contributed by atoms with Crippen LogP contribution in [0.15, 0.2) is 34.9 Å². The second kappa shape index (κ2) is 5.77. The van der Waals surface area contributed by atoms with E-state index in [4.69, 9.17) is 0 Å². The van der Waals surface area contributed by atoms with Crippen molar-refractivity contribution in [2.45, 2.75) is 6.92 Å². The van der Waals surface area contributed by atoms with E-state index in [1.807, 2.05) is 6.92 Å². The van der Waals surface area contributed by atoms with Crippen LogP contribution in [0.4, 0.5) is 21.8 Å². The first-order valence-electron chi connectivity index (χ1n) is 5.48. The zero-order valence-electron chi connectivity index (χ0n) is 9.74. The minimum Gasteiger partial charge on any atom is -0.354 e. The van der Waals surface area contributed by atoms with E-state index in [0.717, 1.165) is 11.0 Å². The van der Waals surface area contributed by atoms with Crippen molar-refractivity contribution in [1.82, 2.24) is 9.97 Å². The summed E-state index contributed by atoms with van der Waals surface area (Å²) in [5.74, 6) is 0.720. The number of benzene rings is 1. The fraction of sp³-hybridized carbons (Fsp3) is 0.167. The van der Waals surface area contributed by atoms with Gasteiger partial charge in [0.15, 0.2) is 0 Å². The average molecular weight is 311 g/mol. The third-order valence-corrected chi connectivity index (χ3v) is 2.67. The molecule has 2 aromatic rings. The lowest BCUT2D eigenvalue weighted by molar-refractivity contribution is 0.631. The zero-order chi connectivity index (χ0) is 13.0. The number of hydrogen-bond acceptors (Lipinski definition) is 4. The van der Waals surface area contributed by atoms with E-state index in [2.05, 4.69) is 36.5 Å². The molecule has 0 aliphatic carbocycles. The zero-order valence-corrected chi connectivity index (χ0v) is 11.3. The SMILES string of the molecule is CCNc1nccc(Nc2cc(Br)ccc2F)n1. The Morgan fingerprint density at radius 1 is 1.33 bits per heavy atom. The Bertz CT molecular complexity index is 547. The summed E-state index contributed by atoms with van der Waals surface area (Å²) in [5, 5.41) is 5.91. The first-order valence-corrected chi connectivity index (χ1v) is 6.27. The van der Waals surface area contributed by atoms with E-state index in [0.29, 0.717) is 17.5 Å². The van der Waals surface area contributed by atoms with Crippen molar-refractivity contribution in [3.8, 4) is 0 Å². The third kappa shape index (κ3) is 3.16. The van der Waals surface area contributed by atoms with Crippen molar-refractivity contribution in [2.24, 2.45) is 0 Å². The number of rotatable bonds is 4. The normalized spacial score (nSPS) is 10.2. The smallest absolute Gasteiger partial charge is 0.224 e. The largest absolute Gasteiger partial charge is 0.354 e. The van der Waals surface area contributed by atoms with Gasteiger partial charge in [0.2, 0.25) is 5.95 Å². The molecule has 2 N–H and O–H groups in total. The second-order valence-electron chi connectivity index (χ2n) is 3.54. The van der Waals surface area contributed by atoms with Crippen molar-refractivity contribution in [2.75, 3.05) is 17.2 Å². The molecule has 0 unspecified atom stereocenters. The van der Waals surface area contributed by atoms with Gasteiger partial charge >= 0.3 is 0 Å². The molecule has 1 heterocycles. The molecule has 0 spiro atoms. The molecule has 94 valence electrons. The summed E-state index contributed by atoms with van der Waals surface area (Å²) in [4.78, 5) is 8.26. The van der Waals surface area contributed by atoms with E-state index in [1.54, 1.807) is 24.4 Å². The van der Waals surface area contributed by atoms with Crippen LogP contribution < -0.4 is 10.6 Å².